The molecule has 13 heavy (non-hydrogen) atoms. The van der Waals surface area contributed by atoms with Crippen molar-refractivity contribution < 1.29 is 4.39 Å². The Morgan fingerprint density at radius 2 is 2.38 bits per heavy atom. The molecule has 0 spiro atoms. The van der Waals surface area contributed by atoms with E-state index in [0.29, 0.717) is 11.5 Å². The minimum absolute atomic E-state index is 0.263. The lowest BCUT2D eigenvalue weighted by molar-refractivity contribution is 0.512. The van der Waals surface area contributed by atoms with E-state index in [9.17, 15) is 4.39 Å². The van der Waals surface area contributed by atoms with E-state index in [1.807, 2.05) is 0 Å². The normalized spacial score (nSPS) is 10.5. The Kier molecular flexibility index (Phi) is 2.03. The van der Waals surface area contributed by atoms with Gasteiger partial charge in [-0.2, -0.15) is 0 Å². The van der Waals surface area contributed by atoms with Crippen molar-refractivity contribution >= 4 is 11.5 Å². The van der Waals surface area contributed by atoms with Crippen LogP contribution in [0.3, 0.4) is 0 Å². The van der Waals surface area contributed by atoms with E-state index in [-0.39, 0.29) is 6.54 Å². The van der Waals surface area contributed by atoms with E-state index in [4.69, 9.17) is 0 Å². The summed E-state index contributed by atoms with van der Waals surface area (Å²) in [6, 6.07) is 0. The van der Waals surface area contributed by atoms with E-state index < -0.39 is 6.67 Å². The second kappa shape index (κ2) is 3.34. The molecule has 0 fully saturated rings. The fourth-order valence-electron chi connectivity index (χ4n) is 1.06. The largest absolute Gasteiger partial charge is 0.367 e. The average Bonchev–Trinajstić information content (AvgIpc) is 2.62. The van der Waals surface area contributed by atoms with Crippen molar-refractivity contribution in [1.82, 2.24) is 19.6 Å². The zero-order valence-electron chi connectivity index (χ0n) is 6.81. The first kappa shape index (κ1) is 7.90. The molecule has 0 aliphatic rings. The predicted octanol–water partition coefficient (Wildman–Crippen LogP) is 0.506. The van der Waals surface area contributed by atoms with E-state index >= 15 is 0 Å². The van der Waals surface area contributed by atoms with Crippen molar-refractivity contribution in [1.29, 1.82) is 0 Å². The lowest BCUT2D eigenvalue weighted by Crippen LogP contribution is -2.07. The number of aromatic nitrogens is 4. The molecule has 0 aliphatic carbocycles. The molecule has 0 aromatic carbocycles. The minimum Gasteiger partial charge on any atom is -0.367 e. The summed E-state index contributed by atoms with van der Waals surface area (Å²) in [5, 5.41) is 10.4. The summed E-state index contributed by atoms with van der Waals surface area (Å²) in [4.78, 5) is 3.93. The number of fused-ring (bicyclic) bond motifs is 1. The van der Waals surface area contributed by atoms with Gasteiger partial charge >= 0.3 is 0 Å². The number of nitrogens with one attached hydrogen (secondary N) is 1. The van der Waals surface area contributed by atoms with Gasteiger partial charge in [0.15, 0.2) is 5.65 Å². The molecule has 6 heteroatoms. The Morgan fingerprint density at radius 3 is 3.23 bits per heavy atom. The number of hydrogen-bond donors (Lipinski definition) is 1. The zero-order chi connectivity index (χ0) is 9.10. The summed E-state index contributed by atoms with van der Waals surface area (Å²) in [6.45, 7) is -0.155. The van der Waals surface area contributed by atoms with Crippen molar-refractivity contribution in [3.05, 3.63) is 18.7 Å². The summed E-state index contributed by atoms with van der Waals surface area (Å²) in [6.07, 6.45) is 4.75. The Balaban J connectivity index is 2.37. The van der Waals surface area contributed by atoms with Crippen LogP contribution in [0, 0.1) is 0 Å². The molecule has 68 valence electrons. The molecule has 0 saturated carbocycles. The predicted molar refractivity (Wildman–Crippen MR) is 45.2 cm³/mol. The molecule has 0 bridgehead atoms. The number of nitrogens with zero attached hydrogens (tertiary/aromatic N) is 4. The molecule has 0 unspecified atom stereocenters. The summed E-state index contributed by atoms with van der Waals surface area (Å²) in [7, 11) is 0. The summed E-state index contributed by atoms with van der Waals surface area (Å²) >= 11 is 0. The fraction of sp³-hybridized carbons (Fsp3) is 0.286. The van der Waals surface area contributed by atoms with Crippen molar-refractivity contribution in [2.45, 2.75) is 0 Å². The fourth-order valence-corrected chi connectivity index (χ4v) is 1.06. The smallest absolute Gasteiger partial charge is 0.180 e. The van der Waals surface area contributed by atoms with Gasteiger partial charge in [-0.15, -0.1) is 10.2 Å². The van der Waals surface area contributed by atoms with Crippen molar-refractivity contribution in [2.75, 3.05) is 18.5 Å². The minimum atomic E-state index is -0.418. The maximum absolute atomic E-state index is 11.9. The highest BCUT2D eigenvalue weighted by molar-refractivity contribution is 5.45. The maximum atomic E-state index is 11.9. The van der Waals surface area contributed by atoms with Crippen LogP contribution in [-0.4, -0.2) is 32.8 Å². The molecule has 2 aromatic rings. The first-order chi connectivity index (χ1) is 6.42. The van der Waals surface area contributed by atoms with Gasteiger partial charge in [0, 0.05) is 6.54 Å². The number of rotatable bonds is 3. The van der Waals surface area contributed by atoms with Gasteiger partial charge in [-0.1, -0.05) is 0 Å². The number of hydrogen-bond acceptors (Lipinski definition) is 4. The van der Waals surface area contributed by atoms with E-state index in [1.165, 1.54) is 0 Å². The van der Waals surface area contributed by atoms with Crippen LogP contribution in [0.25, 0.3) is 5.65 Å². The van der Waals surface area contributed by atoms with E-state index in [0.717, 1.165) is 0 Å². The summed E-state index contributed by atoms with van der Waals surface area (Å²) in [5.41, 5.74) is 0.642. The molecule has 0 aliphatic heterocycles. The van der Waals surface area contributed by atoms with Crippen LogP contribution in [-0.2, 0) is 0 Å². The zero-order valence-corrected chi connectivity index (χ0v) is 6.81. The maximum Gasteiger partial charge on any atom is 0.180 e. The molecule has 5 nitrogen and oxygen atoms in total. The Hall–Kier alpha value is -1.72. The summed E-state index contributed by atoms with van der Waals surface area (Å²) in [5.74, 6) is 0.695. The molecule has 2 aromatic heterocycles. The first-order valence-electron chi connectivity index (χ1n) is 3.85. The molecule has 0 amide bonds. The van der Waals surface area contributed by atoms with Gasteiger partial charge in [-0.05, 0) is 0 Å². The van der Waals surface area contributed by atoms with Crippen LogP contribution in [0.4, 0.5) is 10.2 Å². The SMILES string of the molecule is FCCNc1cncc2nncn12. The third kappa shape index (κ3) is 1.42. The molecule has 0 atom stereocenters. The number of alkyl halides is 1. The van der Waals surface area contributed by atoms with Gasteiger partial charge in [0.2, 0.25) is 0 Å². The molecule has 0 radical (unpaired) electrons. The van der Waals surface area contributed by atoms with Crippen LogP contribution in [0.2, 0.25) is 0 Å². The molecule has 0 saturated heterocycles. The second-order valence-electron chi connectivity index (χ2n) is 2.47. The quantitative estimate of drug-likeness (QED) is 0.749. The van der Waals surface area contributed by atoms with Crippen LogP contribution in [0.15, 0.2) is 18.7 Å². The Bertz CT molecular complexity index is 398. The number of halogens is 1. The molecular formula is C7H8FN5. The highest BCUT2D eigenvalue weighted by Crippen LogP contribution is 2.06. The lowest BCUT2D eigenvalue weighted by atomic mass is 10.6. The first-order valence-corrected chi connectivity index (χ1v) is 3.85. The third-order valence-corrected chi connectivity index (χ3v) is 1.62. The number of anilines is 1. The van der Waals surface area contributed by atoms with Crippen LogP contribution in [0.1, 0.15) is 0 Å². The van der Waals surface area contributed by atoms with E-state index in [2.05, 4.69) is 20.5 Å². The van der Waals surface area contributed by atoms with Crippen molar-refractivity contribution in [3.8, 4) is 0 Å². The van der Waals surface area contributed by atoms with Crippen LogP contribution < -0.4 is 5.32 Å². The monoisotopic (exact) mass is 181 g/mol. The average molecular weight is 181 g/mol. The second-order valence-corrected chi connectivity index (χ2v) is 2.47. The standard InChI is InChI=1S/C7H8FN5/c8-1-2-10-6-3-9-4-7-12-11-5-13(6)7/h3-5,10H,1-2H2. The van der Waals surface area contributed by atoms with Gasteiger partial charge in [-0.25, -0.2) is 4.39 Å². The van der Waals surface area contributed by atoms with Gasteiger partial charge in [0.05, 0.1) is 12.4 Å². The molecular weight excluding hydrogens is 173 g/mol. The van der Waals surface area contributed by atoms with E-state index in [1.54, 1.807) is 23.1 Å². The molecule has 2 rings (SSSR count). The van der Waals surface area contributed by atoms with Crippen molar-refractivity contribution in [2.24, 2.45) is 0 Å². The highest BCUT2D eigenvalue weighted by atomic mass is 19.1. The molecule has 1 N–H and O–H groups in total. The topological polar surface area (TPSA) is 55.1 Å². The van der Waals surface area contributed by atoms with Crippen LogP contribution >= 0.6 is 0 Å². The summed E-state index contributed by atoms with van der Waals surface area (Å²) < 4.78 is 13.6. The van der Waals surface area contributed by atoms with Gasteiger partial charge in [0.25, 0.3) is 0 Å². The van der Waals surface area contributed by atoms with Crippen molar-refractivity contribution in [3.63, 3.8) is 0 Å². The van der Waals surface area contributed by atoms with Crippen LogP contribution in [0.5, 0.6) is 0 Å². The highest BCUT2D eigenvalue weighted by Gasteiger charge is 2.00. The molecule has 2 heterocycles. The Morgan fingerprint density at radius 1 is 1.46 bits per heavy atom. The van der Waals surface area contributed by atoms with Gasteiger partial charge in [0.1, 0.15) is 18.8 Å². The van der Waals surface area contributed by atoms with Gasteiger partial charge in [-0.3, -0.25) is 9.38 Å². The Labute approximate surface area is 73.6 Å². The van der Waals surface area contributed by atoms with Gasteiger partial charge < -0.3 is 5.32 Å². The lowest BCUT2D eigenvalue weighted by Gasteiger charge is -2.04. The third-order valence-electron chi connectivity index (χ3n) is 1.62.